The smallest absolute Gasteiger partial charge is 0.153 e. The molecule has 0 aromatic heterocycles. The van der Waals surface area contributed by atoms with Crippen LogP contribution in [0.1, 0.15) is 33.1 Å². The summed E-state index contributed by atoms with van der Waals surface area (Å²) in [6.45, 7) is 5.70. The van der Waals surface area contributed by atoms with Crippen molar-refractivity contribution in [2.45, 2.75) is 45.3 Å². The summed E-state index contributed by atoms with van der Waals surface area (Å²) in [5.41, 5.74) is 0. The minimum Gasteiger partial charge on any atom is -0.393 e. The van der Waals surface area contributed by atoms with Gasteiger partial charge in [-0.25, -0.2) is 8.42 Å². The number of hydrogen-bond acceptors (Lipinski definition) is 4. The summed E-state index contributed by atoms with van der Waals surface area (Å²) in [6.07, 6.45) is 2.87. The van der Waals surface area contributed by atoms with Crippen molar-refractivity contribution in [1.82, 2.24) is 4.90 Å². The van der Waals surface area contributed by atoms with E-state index >= 15 is 0 Å². The summed E-state index contributed by atoms with van der Waals surface area (Å²) < 4.78 is 23.1. The topological polar surface area (TPSA) is 57.6 Å². The van der Waals surface area contributed by atoms with Crippen molar-refractivity contribution in [3.8, 4) is 0 Å². The predicted molar refractivity (Wildman–Crippen MR) is 72.2 cm³/mol. The second-order valence-electron chi connectivity index (χ2n) is 6.20. The molecule has 106 valence electrons. The van der Waals surface area contributed by atoms with Crippen molar-refractivity contribution in [1.29, 1.82) is 0 Å². The zero-order chi connectivity index (χ0) is 13.3. The largest absolute Gasteiger partial charge is 0.393 e. The first-order valence-electron chi connectivity index (χ1n) is 7.00. The van der Waals surface area contributed by atoms with E-state index < -0.39 is 9.84 Å². The van der Waals surface area contributed by atoms with E-state index in [1.54, 1.807) is 0 Å². The van der Waals surface area contributed by atoms with Gasteiger partial charge >= 0.3 is 0 Å². The zero-order valence-electron chi connectivity index (χ0n) is 11.4. The molecule has 1 aliphatic heterocycles. The lowest BCUT2D eigenvalue weighted by molar-refractivity contribution is 0.0253. The van der Waals surface area contributed by atoms with Gasteiger partial charge in [-0.1, -0.05) is 6.92 Å². The highest BCUT2D eigenvalue weighted by molar-refractivity contribution is 7.91. The lowest BCUT2D eigenvalue weighted by Crippen LogP contribution is -2.50. The van der Waals surface area contributed by atoms with Crippen LogP contribution in [0, 0.1) is 11.8 Å². The van der Waals surface area contributed by atoms with Crippen molar-refractivity contribution in [3.63, 3.8) is 0 Å². The molecule has 0 bridgehead atoms. The maximum absolute atomic E-state index is 11.5. The fraction of sp³-hybridized carbons (Fsp3) is 1.00. The number of sulfone groups is 1. The molecule has 18 heavy (non-hydrogen) atoms. The Labute approximate surface area is 110 Å². The van der Waals surface area contributed by atoms with Crippen LogP contribution in [0.3, 0.4) is 0 Å². The molecule has 0 aromatic carbocycles. The third-order valence-corrected chi connectivity index (χ3v) is 6.28. The molecular weight excluding hydrogens is 250 g/mol. The van der Waals surface area contributed by atoms with Crippen LogP contribution in [0.2, 0.25) is 0 Å². The fourth-order valence-electron chi connectivity index (χ4n) is 3.28. The maximum atomic E-state index is 11.5. The molecule has 0 amide bonds. The Kier molecular flexibility index (Phi) is 4.34. The second kappa shape index (κ2) is 5.47. The zero-order valence-corrected chi connectivity index (χ0v) is 12.2. The lowest BCUT2D eigenvalue weighted by atomic mass is 9.80. The van der Waals surface area contributed by atoms with Crippen molar-refractivity contribution >= 4 is 9.84 Å². The third-order valence-electron chi connectivity index (χ3n) is 4.48. The first kappa shape index (κ1) is 14.3. The Balaban J connectivity index is 1.93. The Morgan fingerprint density at radius 2 is 2.00 bits per heavy atom. The monoisotopic (exact) mass is 275 g/mol. The highest BCUT2D eigenvalue weighted by Crippen LogP contribution is 2.30. The molecule has 0 radical (unpaired) electrons. The van der Waals surface area contributed by atoms with Gasteiger partial charge in [0.05, 0.1) is 17.6 Å². The van der Waals surface area contributed by atoms with E-state index in [9.17, 15) is 13.5 Å². The van der Waals surface area contributed by atoms with Crippen LogP contribution in [0.15, 0.2) is 0 Å². The number of rotatable bonds is 2. The molecule has 2 rings (SSSR count). The van der Waals surface area contributed by atoms with Crippen LogP contribution in [-0.2, 0) is 9.84 Å². The maximum Gasteiger partial charge on any atom is 0.153 e. The van der Waals surface area contributed by atoms with Gasteiger partial charge in [-0.3, -0.25) is 4.90 Å². The van der Waals surface area contributed by atoms with Crippen molar-refractivity contribution < 1.29 is 13.5 Å². The van der Waals surface area contributed by atoms with Gasteiger partial charge in [-0.15, -0.1) is 0 Å². The van der Waals surface area contributed by atoms with Gasteiger partial charge in [-0.05, 0) is 38.0 Å². The first-order valence-corrected chi connectivity index (χ1v) is 8.82. The molecule has 0 spiro atoms. The number of aliphatic hydroxyl groups is 1. The van der Waals surface area contributed by atoms with E-state index in [2.05, 4.69) is 11.8 Å². The summed E-state index contributed by atoms with van der Waals surface area (Å²) >= 11 is 0. The van der Waals surface area contributed by atoms with Crippen molar-refractivity contribution in [2.24, 2.45) is 11.8 Å². The molecule has 1 heterocycles. The molecule has 1 saturated carbocycles. The average Bonchev–Trinajstić information content (AvgIpc) is 2.26. The Morgan fingerprint density at radius 1 is 1.28 bits per heavy atom. The van der Waals surface area contributed by atoms with Crippen LogP contribution in [0.5, 0.6) is 0 Å². The molecule has 2 aliphatic rings. The van der Waals surface area contributed by atoms with Gasteiger partial charge in [0.25, 0.3) is 0 Å². The third kappa shape index (κ3) is 3.45. The SMILES string of the molecule is CC1CCC(O)C(CN2CCS(=O)(=O)CC2C)C1. The molecule has 1 N–H and O–H groups in total. The van der Waals surface area contributed by atoms with Crippen molar-refractivity contribution in [3.05, 3.63) is 0 Å². The minimum absolute atomic E-state index is 0.0909. The fourth-order valence-corrected chi connectivity index (χ4v) is 4.91. The Morgan fingerprint density at radius 3 is 2.67 bits per heavy atom. The van der Waals surface area contributed by atoms with E-state index in [0.29, 0.717) is 18.4 Å². The van der Waals surface area contributed by atoms with Gasteiger partial charge in [0.2, 0.25) is 0 Å². The average molecular weight is 275 g/mol. The molecule has 2 fully saturated rings. The van der Waals surface area contributed by atoms with Crippen LogP contribution in [-0.4, -0.2) is 55.2 Å². The highest BCUT2D eigenvalue weighted by atomic mass is 32.2. The van der Waals surface area contributed by atoms with Crippen molar-refractivity contribution in [2.75, 3.05) is 24.6 Å². The van der Waals surface area contributed by atoms with Crippen LogP contribution in [0.4, 0.5) is 0 Å². The second-order valence-corrected chi connectivity index (χ2v) is 8.43. The summed E-state index contributed by atoms with van der Waals surface area (Å²) in [7, 11) is -2.83. The van der Waals surface area contributed by atoms with Crippen LogP contribution < -0.4 is 0 Å². The summed E-state index contributed by atoms with van der Waals surface area (Å²) in [4.78, 5) is 2.24. The molecule has 1 aliphatic carbocycles. The summed E-state index contributed by atoms with van der Waals surface area (Å²) in [5, 5.41) is 10.1. The molecule has 4 nitrogen and oxygen atoms in total. The summed E-state index contributed by atoms with van der Waals surface area (Å²) in [5.74, 6) is 1.54. The Bertz CT molecular complexity index is 382. The van der Waals surface area contributed by atoms with E-state index in [4.69, 9.17) is 0 Å². The highest BCUT2D eigenvalue weighted by Gasteiger charge is 2.33. The molecular formula is C13H25NO3S. The van der Waals surface area contributed by atoms with Gasteiger partial charge in [0, 0.05) is 19.1 Å². The quantitative estimate of drug-likeness (QED) is 0.813. The standard InChI is InChI=1S/C13H25NO3S/c1-10-3-4-13(15)12(7-10)8-14-5-6-18(16,17)9-11(14)2/h10-13,15H,3-9H2,1-2H3. The lowest BCUT2D eigenvalue weighted by Gasteiger charge is -2.39. The molecule has 4 atom stereocenters. The van der Waals surface area contributed by atoms with Gasteiger partial charge in [0.15, 0.2) is 9.84 Å². The van der Waals surface area contributed by atoms with E-state index in [1.807, 2.05) is 6.92 Å². The van der Waals surface area contributed by atoms with Gasteiger partial charge in [0.1, 0.15) is 0 Å². The normalized spacial score (nSPS) is 41.7. The summed E-state index contributed by atoms with van der Waals surface area (Å²) in [6, 6.07) is 0.0909. The molecule has 5 heteroatoms. The molecule has 4 unspecified atom stereocenters. The first-order chi connectivity index (χ1) is 8.37. The molecule has 1 saturated heterocycles. The predicted octanol–water partition coefficient (Wildman–Crippen LogP) is 0.902. The number of nitrogens with zero attached hydrogens (tertiary/aromatic N) is 1. The number of hydrogen-bond donors (Lipinski definition) is 1. The minimum atomic E-state index is -2.83. The van der Waals surface area contributed by atoms with E-state index in [0.717, 1.165) is 25.8 Å². The Hall–Kier alpha value is -0.130. The number of aliphatic hydroxyl groups excluding tert-OH is 1. The van der Waals surface area contributed by atoms with Crippen LogP contribution >= 0.6 is 0 Å². The van der Waals surface area contributed by atoms with Crippen LogP contribution in [0.25, 0.3) is 0 Å². The van der Waals surface area contributed by atoms with E-state index in [1.165, 1.54) is 0 Å². The molecule has 0 aromatic rings. The van der Waals surface area contributed by atoms with E-state index in [-0.39, 0.29) is 23.7 Å². The van der Waals surface area contributed by atoms with Gasteiger partial charge < -0.3 is 5.11 Å². The van der Waals surface area contributed by atoms with Gasteiger partial charge in [-0.2, -0.15) is 0 Å².